The molecular formula is C25H24N3OPS. The molecule has 5 rings (SSSR count). The minimum atomic E-state index is -3.23. The second-order valence-electron chi connectivity index (χ2n) is 7.62. The first kappa shape index (κ1) is 20.2. The summed E-state index contributed by atoms with van der Waals surface area (Å²) < 4.78 is 15.5. The van der Waals surface area contributed by atoms with Gasteiger partial charge in [-0.25, -0.2) is 4.98 Å². The number of aryl methyl sites for hydroxylation is 2. The third kappa shape index (κ3) is 4.09. The minimum absolute atomic E-state index is 0.683. The van der Waals surface area contributed by atoms with Crippen molar-refractivity contribution in [3.8, 4) is 0 Å². The van der Waals surface area contributed by atoms with Crippen LogP contribution in [0, 0.1) is 0 Å². The number of thiazole rings is 1. The maximum Gasteiger partial charge on any atom is 0.249 e. The van der Waals surface area contributed by atoms with E-state index >= 15 is 0 Å². The minimum Gasteiger partial charge on any atom is -0.292 e. The molecule has 1 aromatic heterocycles. The van der Waals surface area contributed by atoms with Crippen molar-refractivity contribution < 1.29 is 4.57 Å². The lowest BCUT2D eigenvalue weighted by Gasteiger charge is -2.30. The molecule has 1 heterocycles. The van der Waals surface area contributed by atoms with Gasteiger partial charge in [-0.05, 0) is 62.1 Å². The lowest BCUT2D eigenvalue weighted by Crippen LogP contribution is -2.38. The van der Waals surface area contributed by atoms with Gasteiger partial charge in [-0.2, -0.15) is 5.20 Å². The molecule has 0 amide bonds. The second kappa shape index (κ2) is 8.80. The third-order valence-electron chi connectivity index (χ3n) is 5.49. The third-order valence-corrected chi connectivity index (χ3v) is 9.64. The molecule has 3 aromatic carbocycles. The van der Waals surface area contributed by atoms with Crippen molar-refractivity contribution in [3.05, 3.63) is 102 Å². The van der Waals surface area contributed by atoms with Gasteiger partial charge in [0.05, 0.1) is 17.1 Å². The van der Waals surface area contributed by atoms with Gasteiger partial charge >= 0.3 is 0 Å². The summed E-state index contributed by atoms with van der Waals surface area (Å²) in [6, 6.07) is 29.7. The van der Waals surface area contributed by atoms with Crippen LogP contribution in [0.3, 0.4) is 0 Å². The zero-order chi connectivity index (χ0) is 21.1. The summed E-state index contributed by atoms with van der Waals surface area (Å²) in [5.41, 5.74) is 2.97. The van der Waals surface area contributed by atoms with Gasteiger partial charge in [-0.3, -0.25) is 9.57 Å². The van der Waals surface area contributed by atoms with Gasteiger partial charge in [-0.1, -0.05) is 54.6 Å². The van der Waals surface area contributed by atoms with Gasteiger partial charge in [0.1, 0.15) is 0 Å². The summed E-state index contributed by atoms with van der Waals surface area (Å²) in [7, 11) is -3.23. The van der Waals surface area contributed by atoms with Crippen molar-refractivity contribution in [2.45, 2.75) is 25.7 Å². The fourth-order valence-electron chi connectivity index (χ4n) is 3.88. The van der Waals surface area contributed by atoms with E-state index in [1.165, 1.54) is 11.3 Å². The summed E-state index contributed by atoms with van der Waals surface area (Å²) in [5, 5.41) is 6.13. The van der Waals surface area contributed by atoms with E-state index in [0.29, 0.717) is 4.75 Å². The van der Waals surface area contributed by atoms with Crippen molar-refractivity contribution >= 4 is 40.1 Å². The Bertz CT molecular complexity index is 1130. The molecule has 1 atom stereocenters. The normalized spacial score (nSPS) is 15.1. The zero-order valence-electron chi connectivity index (χ0n) is 17.1. The number of para-hydroxylation sites is 2. The smallest absolute Gasteiger partial charge is 0.249 e. The molecule has 6 heteroatoms. The number of benzene rings is 3. The van der Waals surface area contributed by atoms with Crippen molar-refractivity contribution in [3.63, 3.8) is 0 Å². The van der Waals surface area contributed by atoms with Crippen LogP contribution in [0.15, 0.2) is 91.0 Å². The van der Waals surface area contributed by atoms with E-state index in [9.17, 15) is 4.57 Å². The Morgan fingerprint density at radius 1 is 0.774 bits per heavy atom. The summed E-state index contributed by atoms with van der Waals surface area (Å²) in [5.74, 6) is 0. The standard InChI is InChI=1S/C25H24N3OPS/c29-30(22-16-8-3-9-17-22,25-26-23-18-10-11-19-24(23)31-25)27-28(20-12-4-1-5-13-20)21-14-6-2-7-15-21/h1-9,12-17H,10-11,18-19H2,(H,27,29)/t30-/m1/s1. The first-order valence-corrected chi connectivity index (χ1v) is 13.1. The van der Waals surface area contributed by atoms with E-state index < -0.39 is 7.29 Å². The fourth-order valence-corrected chi connectivity index (χ4v) is 7.84. The highest BCUT2D eigenvalue weighted by molar-refractivity contribution is 7.81. The maximum atomic E-state index is 14.8. The van der Waals surface area contributed by atoms with Crippen LogP contribution in [0.1, 0.15) is 23.4 Å². The number of fused-ring (bicyclic) bond motifs is 1. The lowest BCUT2D eigenvalue weighted by atomic mass is 10.0. The topological polar surface area (TPSA) is 45.2 Å². The average Bonchev–Trinajstić information content (AvgIpc) is 3.29. The van der Waals surface area contributed by atoms with E-state index in [4.69, 9.17) is 4.98 Å². The molecule has 0 fully saturated rings. The molecule has 0 radical (unpaired) electrons. The molecule has 4 aromatic rings. The van der Waals surface area contributed by atoms with Gasteiger partial charge in [0, 0.05) is 10.2 Å². The molecule has 1 aliphatic carbocycles. The summed E-state index contributed by atoms with van der Waals surface area (Å²) in [4.78, 5) is 6.19. The Balaban J connectivity index is 1.64. The summed E-state index contributed by atoms with van der Waals surface area (Å²) in [6.45, 7) is 0. The molecule has 0 spiro atoms. The predicted octanol–water partition coefficient (Wildman–Crippen LogP) is 5.59. The van der Waals surface area contributed by atoms with Crippen LogP contribution < -0.4 is 20.3 Å². The SMILES string of the molecule is O=[P@](NN(c1ccccc1)c1ccccc1)(c1ccccc1)c1nc2c(s1)CCCC2. The van der Waals surface area contributed by atoms with Crippen LogP contribution in [0.4, 0.5) is 11.4 Å². The second-order valence-corrected chi connectivity index (χ2v) is 11.4. The first-order valence-electron chi connectivity index (χ1n) is 10.6. The number of nitrogens with zero attached hydrogens (tertiary/aromatic N) is 2. The Labute approximate surface area is 187 Å². The van der Waals surface area contributed by atoms with Gasteiger partial charge in [-0.15, -0.1) is 11.3 Å². The number of nitrogens with one attached hydrogen (secondary N) is 1. The Morgan fingerprint density at radius 2 is 1.32 bits per heavy atom. The molecule has 0 unspecified atom stereocenters. The Hall–Kier alpha value is -2.72. The number of hydrazine groups is 1. The fraction of sp³-hybridized carbons (Fsp3) is 0.160. The van der Waals surface area contributed by atoms with E-state index in [-0.39, 0.29) is 0 Å². The van der Waals surface area contributed by atoms with Crippen molar-refractivity contribution in [2.24, 2.45) is 0 Å². The van der Waals surface area contributed by atoms with Gasteiger partial charge in [0.25, 0.3) is 0 Å². The monoisotopic (exact) mass is 445 g/mol. The van der Waals surface area contributed by atoms with Crippen LogP contribution in [0.25, 0.3) is 0 Å². The van der Waals surface area contributed by atoms with Gasteiger partial charge in [0.2, 0.25) is 7.29 Å². The van der Waals surface area contributed by atoms with Crippen LogP contribution in [0.5, 0.6) is 0 Å². The predicted molar refractivity (Wildman–Crippen MR) is 130 cm³/mol. The first-order chi connectivity index (χ1) is 15.2. The van der Waals surface area contributed by atoms with E-state index in [2.05, 4.69) is 5.20 Å². The van der Waals surface area contributed by atoms with Crippen molar-refractivity contribution in [1.82, 2.24) is 10.2 Å². The van der Waals surface area contributed by atoms with Crippen LogP contribution in [-0.2, 0) is 17.4 Å². The molecule has 31 heavy (non-hydrogen) atoms. The lowest BCUT2D eigenvalue weighted by molar-refractivity contribution is 0.578. The van der Waals surface area contributed by atoms with Crippen molar-refractivity contribution in [2.75, 3.05) is 5.01 Å². The van der Waals surface area contributed by atoms with E-state index in [0.717, 1.165) is 41.6 Å². The molecule has 0 saturated heterocycles. The average molecular weight is 446 g/mol. The summed E-state index contributed by atoms with van der Waals surface area (Å²) in [6.07, 6.45) is 4.34. The Morgan fingerprint density at radius 3 is 1.90 bits per heavy atom. The highest BCUT2D eigenvalue weighted by atomic mass is 32.1. The van der Waals surface area contributed by atoms with E-state index in [1.807, 2.05) is 96.0 Å². The quantitative estimate of drug-likeness (QED) is 0.310. The highest BCUT2D eigenvalue weighted by Gasteiger charge is 2.35. The number of anilines is 2. The van der Waals surface area contributed by atoms with E-state index in [1.54, 1.807) is 11.3 Å². The number of hydrogen-bond acceptors (Lipinski definition) is 4. The molecule has 4 nitrogen and oxygen atoms in total. The van der Waals surface area contributed by atoms with Crippen LogP contribution >= 0.6 is 18.6 Å². The largest absolute Gasteiger partial charge is 0.292 e. The van der Waals surface area contributed by atoms with Crippen LogP contribution in [0.2, 0.25) is 0 Å². The molecule has 0 bridgehead atoms. The van der Waals surface area contributed by atoms with Crippen molar-refractivity contribution in [1.29, 1.82) is 0 Å². The number of aromatic nitrogens is 1. The van der Waals surface area contributed by atoms with Gasteiger partial charge in [0.15, 0.2) is 4.75 Å². The molecule has 0 saturated carbocycles. The number of rotatable bonds is 6. The Kier molecular flexibility index (Phi) is 5.73. The molecule has 1 aliphatic rings. The molecule has 0 aliphatic heterocycles. The number of hydrogen-bond donors (Lipinski definition) is 1. The maximum absolute atomic E-state index is 14.8. The molecule has 1 N–H and O–H groups in total. The zero-order valence-corrected chi connectivity index (χ0v) is 18.9. The van der Waals surface area contributed by atoms with Crippen LogP contribution in [-0.4, -0.2) is 4.98 Å². The molecular weight excluding hydrogens is 421 g/mol. The molecule has 156 valence electrons. The highest BCUT2D eigenvalue weighted by Crippen LogP contribution is 2.44. The summed E-state index contributed by atoms with van der Waals surface area (Å²) >= 11 is 1.61. The van der Waals surface area contributed by atoms with Gasteiger partial charge < -0.3 is 0 Å².